The summed E-state index contributed by atoms with van der Waals surface area (Å²) in [6, 6.07) is 8.52. The van der Waals surface area contributed by atoms with E-state index >= 15 is 0 Å². The first kappa shape index (κ1) is 17.5. The van der Waals surface area contributed by atoms with Gasteiger partial charge in [-0.1, -0.05) is 23.5 Å². The van der Waals surface area contributed by atoms with Gasteiger partial charge in [0.1, 0.15) is 0 Å². The molecular weight excluding hydrogens is 348 g/mol. The van der Waals surface area contributed by atoms with Crippen LogP contribution < -0.4 is 15.5 Å². The van der Waals surface area contributed by atoms with Crippen LogP contribution in [0.4, 0.5) is 9.93 Å². The number of rotatable bonds is 4. The van der Waals surface area contributed by atoms with E-state index in [1.807, 2.05) is 6.07 Å². The number of urea groups is 1. The van der Waals surface area contributed by atoms with Crippen molar-refractivity contribution in [2.75, 3.05) is 37.7 Å². The summed E-state index contributed by atoms with van der Waals surface area (Å²) in [5, 5.41) is 7.23. The molecule has 3 heterocycles. The van der Waals surface area contributed by atoms with Crippen molar-refractivity contribution < 1.29 is 9.53 Å². The highest BCUT2D eigenvalue weighted by Crippen LogP contribution is 2.31. The van der Waals surface area contributed by atoms with E-state index in [1.165, 1.54) is 4.70 Å². The van der Waals surface area contributed by atoms with Gasteiger partial charge in [-0.15, -0.1) is 0 Å². The number of para-hydroxylation sites is 1. The second-order valence-electron chi connectivity index (χ2n) is 7.14. The quantitative estimate of drug-likeness (QED) is 0.863. The molecule has 2 aromatic rings. The molecule has 0 spiro atoms. The van der Waals surface area contributed by atoms with Gasteiger partial charge in [0.2, 0.25) is 0 Å². The highest BCUT2D eigenvalue weighted by atomic mass is 32.1. The van der Waals surface area contributed by atoms with Gasteiger partial charge in [-0.2, -0.15) is 0 Å². The van der Waals surface area contributed by atoms with E-state index in [0.29, 0.717) is 5.92 Å². The maximum absolute atomic E-state index is 12.1. The Morgan fingerprint density at radius 2 is 1.96 bits per heavy atom. The van der Waals surface area contributed by atoms with Crippen LogP contribution in [0.3, 0.4) is 0 Å². The van der Waals surface area contributed by atoms with Crippen molar-refractivity contribution in [1.82, 2.24) is 15.6 Å². The van der Waals surface area contributed by atoms with Gasteiger partial charge >= 0.3 is 6.03 Å². The van der Waals surface area contributed by atoms with Crippen molar-refractivity contribution in [3.05, 3.63) is 24.3 Å². The molecule has 1 aromatic carbocycles. The van der Waals surface area contributed by atoms with Crippen LogP contribution in [0.25, 0.3) is 10.2 Å². The molecule has 26 heavy (non-hydrogen) atoms. The van der Waals surface area contributed by atoms with Crippen LogP contribution in [-0.2, 0) is 4.74 Å². The fourth-order valence-corrected chi connectivity index (χ4v) is 4.66. The third kappa shape index (κ3) is 4.27. The third-order valence-corrected chi connectivity index (χ3v) is 6.37. The molecule has 0 radical (unpaired) electrons. The van der Waals surface area contributed by atoms with Crippen LogP contribution in [0.15, 0.2) is 24.3 Å². The SMILES string of the molecule is O=C(NCC1CCN(c2nc3ccccc3s2)CC1)NC1CCOCC1. The Balaban J connectivity index is 1.21. The molecule has 140 valence electrons. The lowest BCUT2D eigenvalue weighted by Crippen LogP contribution is -2.46. The molecule has 2 aliphatic heterocycles. The summed E-state index contributed by atoms with van der Waals surface area (Å²) >= 11 is 1.77. The molecular formula is C19H26N4O2S. The minimum absolute atomic E-state index is 0.0366. The first-order valence-corrected chi connectivity index (χ1v) is 10.3. The number of hydrogen-bond donors (Lipinski definition) is 2. The lowest BCUT2D eigenvalue weighted by atomic mass is 9.97. The predicted octanol–water partition coefficient (Wildman–Crippen LogP) is 2.99. The number of fused-ring (bicyclic) bond motifs is 1. The topological polar surface area (TPSA) is 66.5 Å². The average molecular weight is 375 g/mol. The van der Waals surface area contributed by atoms with E-state index < -0.39 is 0 Å². The second kappa shape index (κ2) is 8.22. The molecule has 2 saturated heterocycles. The number of carbonyl (C=O) groups excluding carboxylic acids is 1. The fraction of sp³-hybridized carbons (Fsp3) is 0.579. The fourth-order valence-electron chi connectivity index (χ4n) is 3.64. The van der Waals surface area contributed by atoms with Crippen LogP contribution >= 0.6 is 11.3 Å². The Morgan fingerprint density at radius 3 is 2.73 bits per heavy atom. The van der Waals surface area contributed by atoms with Gasteiger partial charge in [-0.25, -0.2) is 9.78 Å². The molecule has 4 rings (SSSR count). The molecule has 0 unspecified atom stereocenters. The molecule has 0 bridgehead atoms. The van der Waals surface area contributed by atoms with Gasteiger partial charge in [0.05, 0.1) is 10.2 Å². The summed E-state index contributed by atoms with van der Waals surface area (Å²) in [6.45, 7) is 4.26. The Kier molecular flexibility index (Phi) is 5.55. The second-order valence-corrected chi connectivity index (χ2v) is 8.14. The summed E-state index contributed by atoms with van der Waals surface area (Å²) in [6.07, 6.45) is 4.00. The van der Waals surface area contributed by atoms with Gasteiger partial charge in [0, 0.05) is 38.9 Å². The van der Waals surface area contributed by atoms with Gasteiger partial charge < -0.3 is 20.3 Å². The van der Waals surface area contributed by atoms with Crippen molar-refractivity contribution in [2.24, 2.45) is 5.92 Å². The molecule has 7 heteroatoms. The van der Waals surface area contributed by atoms with Crippen LogP contribution in [0, 0.1) is 5.92 Å². The summed E-state index contributed by atoms with van der Waals surface area (Å²) < 4.78 is 6.57. The van der Waals surface area contributed by atoms with Crippen molar-refractivity contribution in [2.45, 2.75) is 31.7 Å². The zero-order valence-corrected chi connectivity index (χ0v) is 15.8. The number of piperidine rings is 1. The van der Waals surface area contributed by atoms with Gasteiger partial charge in [-0.05, 0) is 43.7 Å². The molecule has 0 saturated carbocycles. The largest absolute Gasteiger partial charge is 0.381 e. The maximum atomic E-state index is 12.1. The number of nitrogens with zero attached hydrogens (tertiary/aromatic N) is 2. The van der Waals surface area contributed by atoms with Gasteiger partial charge in [-0.3, -0.25) is 0 Å². The first-order chi connectivity index (χ1) is 12.8. The Hall–Kier alpha value is -1.86. The number of nitrogens with one attached hydrogen (secondary N) is 2. The average Bonchev–Trinajstić information content (AvgIpc) is 3.12. The molecule has 2 fully saturated rings. The monoisotopic (exact) mass is 374 g/mol. The van der Waals surface area contributed by atoms with Gasteiger partial charge in [0.25, 0.3) is 0 Å². The molecule has 2 aliphatic rings. The zero-order valence-electron chi connectivity index (χ0n) is 14.9. The number of hydrogen-bond acceptors (Lipinski definition) is 5. The highest BCUT2D eigenvalue weighted by Gasteiger charge is 2.22. The van der Waals surface area contributed by atoms with E-state index in [1.54, 1.807) is 11.3 Å². The van der Waals surface area contributed by atoms with Crippen molar-refractivity contribution in [3.63, 3.8) is 0 Å². The smallest absolute Gasteiger partial charge is 0.315 e. The number of amides is 2. The van der Waals surface area contributed by atoms with E-state index in [9.17, 15) is 4.79 Å². The van der Waals surface area contributed by atoms with Crippen LogP contribution in [-0.4, -0.2) is 49.9 Å². The Labute approximate surface area is 157 Å². The normalized spacial score (nSPS) is 19.6. The standard InChI is InChI=1S/C19H26N4O2S/c24-18(21-15-7-11-25-12-8-15)20-13-14-5-9-23(10-6-14)19-22-16-3-1-2-4-17(16)26-19/h1-4,14-15H,5-13H2,(H2,20,21,24). The summed E-state index contributed by atoms with van der Waals surface area (Å²) in [5.41, 5.74) is 1.08. The minimum Gasteiger partial charge on any atom is -0.381 e. The van der Waals surface area contributed by atoms with E-state index in [4.69, 9.17) is 9.72 Å². The van der Waals surface area contributed by atoms with Crippen LogP contribution in [0.1, 0.15) is 25.7 Å². The van der Waals surface area contributed by atoms with Gasteiger partial charge in [0.15, 0.2) is 5.13 Å². The van der Waals surface area contributed by atoms with Crippen LogP contribution in [0.2, 0.25) is 0 Å². The third-order valence-electron chi connectivity index (χ3n) is 5.28. The molecule has 1 aromatic heterocycles. The molecule has 0 aliphatic carbocycles. The number of benzene rings is 1. The highest BCUT2D eigenvalue weighted by molar-refractivity contribution is 7.22. The maximum Gasteiger partial charge on any atom is 0.315 e. The molecule has 0 atom stereocenters. The van der Waals surface area contributed by atoms with E-state index in [-0.39, 0.29) is 12.1 Å². The molecule has 2 amide bonds. The van der Waals surface area contributed by atoms with Crippen LogP contribution in [0.5, 0.6) is 0 Å². The number of ether oxygens (including phenoxy) is 1. The molecule has 2 N–H and O–H groups in total. The summed E-state index contributed by atoms with van der Waals surface area (Å²) in [5.74, 6) is 0.543. The number of aromatic nitrogens is 1. The van der Waals surface area contributed by atoms with Crippen molar-refractivity contribution in [3.8, 4) is 0 Å². The van der Waals surface area contributed by atoms with E-state index in [2.05, 4.69) is 33.7 Å². The predicted molar refractivity (Wildman–Crippen MR) is 105 cm³/mol. The number of thiazole rings is 1. The minimum atomic E-state index is -0.0366. The van der Waals surface area contributed by atoms with Crippen molar-refractivity contribution in [1.29, 1.82) is 0 Å². The summed E-state index contributed by atoms with van der Waals surface area (Å²) in [4.78, 5) is 19.2. The zero-order chi connectivity index (χ0) is 17.8. The summed E-state index contributed by atoms with van der Waals surface area (Å²) in [7, 11) is 0. The Bertz CT molecular complexity index is 703. The number of anilines is 1. The molecule has 6 nitrogen and oxygen atoms in total. The van der Waals surface area contributed by atoms with E-state index in [0.717, 1.165) is 69.2 Å². The Morgan fingerprint density at radius 1 is 1.19 bits per heavy atom. The number of carbonyl (C=O) groups is 1. The van der Waals surface area contributed by atoms with Crippen molar-refractivity contribution >= 4 is 32.7 Å². The first-order valence-electron chi connectivity index (χ1n) is 9.50. The lowest BCUT2D eigenvalue weighted by molar-refractivity contribution is 0.0800. The lowest BCUT2D eigenvalue weighted by Gasteiger charge is -2.32.